The quantitative estimate of drug-likeness (QED) is 0.655. The first-order valence-corrected chi connectivity index (χ1v) is 7.38. The Balaban J connectivity index is 1.41. The van der Waals surface area contributed by atoms with Crippen molar-refractivity contribution in [3.8, 4) is 29.6 Å². The van der Waals surface area contributed by atoms with Gasteiger partial charge in [0, 0.05) is 17.3 Å². The fraction of sp³-hybridized carbons (Fsp3) is 0.167. The van der Waals surface area contributed by atoms with Crippen molar-refractivity contribution in [3.05, 3.63) is 48.0 Å². The Labute approximate surface area is 139 Å². The van der Waals surface area contributed by atoms with E-state index in [0.29, 0.717) is 41.7 Å². The summed E-state index contributed by atoms with van der Waals surface area (Å²) in [5.74, 6) is 4.54. The Morgan fingerprint density at radius 3 is 2.96 bits per heavy atom. The first-order chi connectivity index (χ1) is 11.7. The topological polar surface area (TPSA) is 68.8 Å². The lowest BCUT2D eigenvalue weighted by atomic mass is 10.2. The average Bonchev–Trinajstić information content (AvgIpc) is 3.06. The fourth-order valence-electron chi connectivity index (χ4n) is 2.16. The molecule has 2 N–H and O–H groups in total. The van der Waals surface area contributed by atoms with Gasteiger partial charge in [-0.3, -0.25) is 0 Å². The lowest BCUT2D eigenvalue weighted by Gasteiger charge is -2.09. The van der Waals surface area contributed by atoms with Crippen LogP contribution in [0.3, 0.4) is 0 Å². The monoisotopic (exact) mass is 324 g/mol. The standard InChI is InChI=1S/C18H16N2O4/c1-2-13-4-3-5-14(10-13)20-18(21)19-8-9-22-15-6-7-16-17(11-15)24-12-23-16/h1,3-7,10-11H,8-9,12H2,(H2,19,20,21). The molecule has 0 saturated heterocycles. The van der Waals surface area contributed by atoms with Crippen molar-refractivity contribution in [2.24, 2.45) is 0 Å². The summed E-state index contributed by atoms with van der Waals surface area (Å²) in [7, 11) is 0. The molecule has 24 heavy (non-hydrogen) atoms. The van der Waals surface area contributed by atoms with E-state index in [9.17, 15) is 4.79 Å². The minimum Gasteiger partial charge on any atom is -0.492 e. The van der Waals surface area contributed by atoms with Crippen LogP contribution < -0.4 is 24.8 Å². The summed E-state index contributed by atoms with van der Waals surface area (Å²) >= 11 is 0. The van der Waals surface area contributed by atoms with Crippen LogP contribution in [0.25, 0.3) is 0 Å². The number of anilines is 1. The van der Waals surface area contributed by atoms with Gasteiger partial charge in [-0.2, -0.15) is 0 Å². The molecule has 6 heteroatoms. The molecule has 0 aliphatic carbocycles. The van der Waals surface area contributed by atoms with E-state index in [1.54, 1.807) is 42.5 Å². The van der Waals surface area contributed by atoms with E-state index in [1.165, 1.54) is 0 Å². The molecule has 1 aliphatic heterocycles. The minimum absolute atomic E-state index is 0.224. The Morgan fingerprint density at radius 1 is 1.21 bits per heavy atom. The maximum Gasteiger partial charge on any atom is 0.319 e. The molecular weight excluding hydrogens is 308 g/mol. The van der Waals surface area contributed by atoms with Gasteiger partial charge >= 0.3 is 6.03 Å². The molecule has 0 aromatic heterocycles. The number of ether oxygens (including phenoxy) is 3. The van der Waals surface area contributed by atoms with Crippen LogP contribution in [0.4, 0.5) is 10.5 Å². The molecule has 0 fully saturated rings. The Hall–Kier alpha value is -3.33. The highest BCUT2D eigenvalue weighted by molar-refractivity contribution is 5.89. The SMILES string of the molecule is C#Cc1cccc(NC(=O)NCCOc2ccc3c(c2)OCO3)c1. The van der Waals surface area contributed by atoms with Gasteiger partial charge < -0.3 is 24.8 Å². The zero-order valence-corrected chi connectivity index (χ0v) is 12.9. The number of amides is 2. The van der Waals surface area contributed by atoms with Gasteiger partial charge in [0.1, 0.15) is 12.4 Å². The largest absolute Gasteiger partial charge is 0.492 e. The van der Waals surface area contributed by atoms with Crippen LogP contribution in [0.15, 0.2) is 42.5 Å². The van der Waals surface area contributed by atoms with Crippen LogP contribution in [0.5, 0.6) is 17.2 Å². The number of nitrogens with one attached hydrogen (secondary N) is 2. The van der Waals surface area contributed by atoms with Crippen molar-refractivity contribution < 1.29 is 19.0 Å². The predicted molar refractivity (Wildman–Crippen MR) is 89.5 cm³/mol. The zero-order chi connectivity index (χ0) is 16.8. The van der Waals surface area contributed by atoms with Gasteiger partial charge in [0.05, 0.1) is 6.54 Å². The number of carbonyl (C=O) groups is 1. The molecule has 0 bridgehead atoms. The molecular formula is C18H16N2O4. The van der Waals surface area contributed by atoms with Crippen molar-refractivity contribution in [3.63, 3.8) is 0 Å². The number of benzene rings is 2. The Morgan fingerprint density at radius 2 is 2.08 bits per heavy atom. The van der Waals surface area contributed by atoms with Crippen molar-refractivity contribution >= 4 is 11.7 Å². The number of rotatable bonds is 5. The van der Waals surface area contributed by atoms with Crippen LogP contribution >= 0.6 is 0 Å². The molecule has 0 saturated carbocycles. The molecule has 2 amide bonds. The van der Waals surface area contributed by atoms with E-state index >= 15 is 0 Å². The van der Waals surface area contributed by atoms with Gasteiger partial charge in [-0.15, -0.1) is 6.42 Å². The van der Waals surface area contributed by atoms with E-state index in [4.69, 9.17) is 20.6 Å². The molecule has 2 aromatic carbocycles. The molecule has 1 heterocycles. The summed E-state index contributed by atoms with van der Waals surface area (Å²) in [6, 6.07) is 12.1. The van der Waals surface area contributed by atoms with Crippen LogP contribution in [-0.4, -0.2) is 26.0 Å². The number of urea groups is 1. The summed E-state index contributed by atoms with van der Waals surface area (Å²) in [5, 5.41) is 5.42. The van der Waals surface area contributed by atoms with E-state index < -0.39 is 0 Å². The van der Waals surface area contributed by atoms with Gasteiger partial charge in [0.25, 0.3) is 0 Å². The van der Waals surface area contributed by atoms with Gasteiger partial charge in [-0.1, -0.05) is 12.0 Å². The maximum atomic E-state index is 11.8. The second-order valence-corrected chi connectivity index (χ2v) is 4.97. The smallest absolute Gasteiger partial charge is 0.319 e. The van der Waals surface area contributed by atoms with Crippen LogP contribution in [0.2, 0.25) is 0 Å². The highest BCUT2D eigenvalue weighted by atomic mass is 16.7. The lowest BCUT2D eigenvalue weighted by molar-refractivity contribution is 0.173. The van der Waals surface area contributed by atoms with Crippen molar-refractivity contribution in [1.82, 2.24) is 5.32 Å². The second-order valence-electron chi connectivity index (χ2n) is 4.97. The lowest BCUT2D eigenvalue weighted by Crippen LogP contribution is -2.32. The maximum absolute atomic E-state index is 11.8. The highest BCUT2D eigenvalue weighted by Crippen LogP contribution is 2.34. The van der Waals surface area contributed by atoms with Gasteiger partial charge in [0.15, 0.2) is 11.5 Å². The normalized spacial score (nSPS) is 11.5. The molecule has 1 aliphatic rings. The third-order valence-electron chi connectivity index (χ3n) is 3.29. The number of fused-ring (bicyclic) bond motifs is 1. The Bertz CT molecular complexity index is 783. The van der Waals surface area contributed by atoms with Gasteiger partial charge in [-0.25, -0.2) is 4.79 Å². The van der Waals surface area contributed by atoms with Crippen molar-refractivity contribution in [2.45, 2.75) is 0 Å². The average molecular weight is 324 g/mol. The second kappa shape index (κ2) is 7.29. The number of carbonyl (C=O) groups excluding carboxylic acids is 1. The van der Waals surface area contributed by atoms with E-state index in [2.05, 4.69) is 16.6 Å². The molecule has 6 nitrogen and oxygen atoms in total. The molecule has 0 spiro atoms. The summed E-state index contributed by atoms with van der Waals surface area (Å²) in [5.41, 5.74) is 1.35. The third kappa shape index (κ3) is 3.90. The Kier molecular flexibility index (Phi) is 4.73. The van der Waals surface area contributed by atoms with Crippen LogP contribution in [-0.2, 0) is 0 Å². The molecule has 2 aromatic rings. The first-order valence-electron chi connectivity index (χ1n) is 7.38. The molecule has 3 rings (SSSR count). The summed E-state index contributed by atoms with van der Waals surface area (Å²) < 4.78 is 16.1. The number of hydrogen-bond acceptors (Lipinski definition) is 4. The van der Waals surface area contributed by atoms with E-state index in [-0.39, 0.29) is 12.8 Å². The first kappa shape index (κ1) is 15.6. The molecule has 0 atom stereocenters. The molecule has 0 unspecified atom stereocenters. The van der Waals surface area contributed by atoms with E-state index in [1.807, 2.05) is 0 Å². The highest BCUT2D eigenvalue weighted by Gasteiger charge is 2.13. The molecule has 122 valence electrons. The number of hydrogen-bond donors (Lipinski definition) is 2. The van der Waals surface area contributed by atoms with Crippen molar-refractivity contribution in [1.29, 1.82) is 0 Å². The fourth-order valence-corrected chi connectivity index (χ4v) is 2.16. The number of terminal acetylenes is 1. The summed E-state index contributed by atoms with van der Waals surface area (Å²) in [6.07, 6.45) is 5.33. The van der Waals surface area contributed by atoms with Gasteiger partial charge in [0.2, 0.25) is 6.79 Å². The van der Waals surface area contributed by atoms with Gasteiger partial charge in [-0.05, 0) is 30.3 Å². The van der Waals surface area contributed by atoms with Crippen LogP contribution in [0, 0.1) is 12.3 Å². The van der Waals surface area contributed by atoms with Crippen molar-refractivity contribution in [2.75, 3.05) is 25.3 Å². The zero-order valence-electron chi connectivity index (χ0n) is 12.9. The van der Waals surface area contributed by atoms with E-state index in [0.717, 1.165) is 0 Å². The molecule has 0 radical (unpaired) electrons. The minimum atomic E-state index is -0.321. The van der Waals surface area contributed by atoms with Crippen LogP contribution in [0.1, 0.15) is 5.56 Å². The summed E-state index contributed by atoms with van der Waals surface area (Å²) in [6.45, 7) is 0.911. The predicted octanol–water partition coefficient (Wildman–Crippen LogP) is 2.60. The third-order valence-corrected chi connectivity index (χ3v) is 3.29. The summed E-state index contributed by atoms with van der Waals surface area (Å²) in [4.78, 5) is 11.8.